The molecular formula is C17H24N2O2. The predicted octanol–water partition coefficient (Wildman–Crippen LogP) is 2.56. The van der Waals surface area contributed by atoms with Crippen molar-refractivity contribution in [1.82, 2.24) is 10.6 Å². The van der Waals surface area contributed by atoms with Crippen LogP contribution in [0.2, 0.25) is 0 Å². The van der Waals surface area contributed by atoms with Crippen LogP contribution >= 0.6 is 0 Å². The van der Waals surface area contributed by atoms with Gasteiger partial charge in [-0.2, -0.15) is 0 Å². The second-order valence-electron chi connectivity index (χ2n) is 5.95. The van der Waals surface area contributed by atoms with Crippen molar-refractivity contribution in [2.24, 2.45) is 5.92 Å². The lowest BCUT2D eigenvalue weighted by molar-refractivity contribution is -0.140. The minimum Gasteiger partial charge on any atom is -0.345 e. The van der Waals surface area contributed by atoms with E-state index in [1.54, 1.807) is 0 Å². The zero-order chi connectivity index (χ0) is 15.2. The van der Waals surface area contributed by atoms with Crippen LogP contribution in [-0.2, 0) is 9.59 Å². The van der Waals surface area contributed by atoms with Crippen LogP contribution in [0.3, 0.4) is 0 Å². The lowest BCUT2D eigenvalue weighted by Gasteiger charge is -2.29. The summed E-state index contributed by atoms with van der Waals surface area (Å²) in [4.78, 5) is 24.0. The Morgan fingerprint density at radius 2 is 1.76 bits per heavy atom. The molecule has 3 atom stereocenters. The lowest BCUT2D eigenvalue weighted by atomic mass is 9.86. The van der Waals surface area contributed by atoms with E-state index >= 15 is 0 Å². The molecule has 21 heavy (non-hydrogen) atoms. The molecule has 2 N–H and O–H groups in total. The molecule has 1 aliphatic carbocycles. The Balaban J connectivity index is 1.86. The van der Waals surface area contributed by atoms with Crippen LogP contribution < -0.4 is 10.6 Å². The first-order valence-electron chi connectivity index (χ1n) is 7.74. The zero-order valence-electron chi connectivity index (χ0n) is 12.8. The van der Waals surface area contributed by atoms with Crippen molar-refractivity contribution >= 4 is 11.8 Å². The third kappa shape index (κ3) is 4.31. The van der Waals surface area contributed by atoms with Crippen LogP contribution in [0.25, 0.3) is 0 Å². The van der Waals surface area contributed by atoms with E-state index in [-0.39, 0.29) is 12.1 Å². The highest BCUT2D eigenvalue weighted by atomic mass is 16.2. The van der Waals surface area contributed by atoms with Gasteiger partial charge in [-0.3, -0.25) is 9.59 Å². The van der Waals surface area contributed by atoms with E-state index in [4.69, 9.17) is 0 Å². The number of benzene rings is 1. The van der Waals surface area contributed by atoms with Crippen LogP contribution in [0.15, 0.2) is 30.3 Å². The molecule has 1 fully saturated rings. The van der Waals surface area contributed by atoms with E-state index in [1.807, 2.05) is 37.3 Å². The predicted molar refractivity (Wildman–Crippen MR) is 82.6 cm³/mol. The highest BCUT2D eigenvalue weighted by Crippen LogP contribution is 2.23. The van der Waals surface area contributed by atoms with Gasteiger partial charge in [-0.05, 0) is 31.2 Å². The normalized spacial score (nSPS) is 23.1. The first kappa shape index (κ1) is 15.5. The van der Waals surface area contributed by atoms with Crippen molar-refractivity contribution in [1.29, 1.82) is 0 Å². The third-order valence-corrected chi connectivity index (χ3v) is 4.28. The van der Waals surface area contributed by atoms with E-state index in [9.17, 15) is 9.59 Å². The fraction of sp³-hybridized carbons (Fsp3) is 0.529. The van der Waals surface area contributed by atoms with Gasteiger partial charge in [0.25, 0.3) is 0 Å². The quantitative estimate of drug-likeness (QED) is 0.840. The van der Waals surface area contributed by atoms with Crippen LogP contribution in [-0.4, -0.2) is 17.9 Å². The summed E-state index contributed by atoms with van der Waals surface area (Å²) in [7, 11) is 0. The van der Waals surface area contributed by atoms with Crippen LogP contribution in [0, 0.1) is 5.92 Å². The van der Waals surface area contributed by atoms with Gasteiger partial charge in [0, 0.05) is 6.04 Å². The van der Waals surface area contributed by atoms with Gasteiger partial charge in [0.15, 0.2) is 0 Å². The highest BCUT2D eigenvalue weighted by molar-refractivity contribution is 6.35. The maximum atomic E-state index is 12.0. The molecule has 0 unspecified atom stereocenters. The summed E-state index contributed by atoms with van der Waals surface area (Å²) in [6.07, 6.45) is 4.42. The molecule has 1 aliphatic rings. The van der Waals surface area contributed by atoms with Crippen LogP contribution in [0.1, 0.15) is 51.1 Å². The van der Waals surface area contributed by atoms with Crippen LogP contribution in [0.5, 0.6) is 0 Å². The van der Waals surface area contributed by atoms with E-state index in [2.05, 4.69) is 17.6 Å². The molecule has 0 spiro atoms. The largest absolute Gasteiger partial charge is 0.345 e. The molecule has 4 heteroatoms. The van der Waals surface area contributed by atoms with Gasteiger partial charge >= 0.3 is 11.8 Å². The van der Waals surface area contributed by atoms with Gasteiger partial charge < -0.3 is 10.6 Å². The molecule has 114 valence electrons. The molecule has 0 aromatic heterocycles. The standard InChI is InChI=1S/C17H24N2O2/c1-12-8-6-7-11-15(12)19-17(21)16(20)18-13(2)14-9-4-3-5-10-14/h3-5,9-10,12-13,15H,6-8,11H2,1-2H3,(H,18,20)(H,19,21)/t12-,13+,15+/m1/s1. The number of hydrogen-bond donors (Lipinski definition) is 2. The summed E-state index contributed by atoms with van der Waals surface area (Å²) in [5.41, 5.74) is 0.990. The van der Waals surface area contributed by atoms with Crippen molar-refractivity contribution in [2.75, 3.05) is 0 Å². The van der Waals surface area contributed by atoms with Gasteiger partial charge in [0.1, 0.15) is 0 Å². The van der Waals surface area contributed by atoms with Gasteiger partial charge in [0.05, 0.1) is 6.04 Å². The fourth-order valence-electron chi connectivity index (χ4n) is 2.85. The Bertz CT molecular complexity index is 487. The molecule has 4 nitrogen and oxygen atoms in total. The average Bonchev–Trinajstić information content (AvgIpc) is 2.50. The van der Waals surface area contributed by atoms with E-state index in [1.165, 1.54) is 6.42 Å². The fourth-order valence-corrected chi connectivity index (χ4v) is 2.85. The summed E-state index contributed by atoms with van der Waals surface area (Å²) >= 11 is 0. The zero-order valence-corrected chi connectivity index (χ0v) is 12.8. The smallest absolute Gasteiger partial charge is 0.309 e. The van der Waals surface area contributed by atoms with Crippen molar-refractivity contribution in [3.63, 3.8) is 0 Å². The summed E-state index contributed by atoms with van der Waals surface area (Å²) in [5.74, 6) is -0.622. The van der Waals surface area contributed by atoms with Crippen molar-refractivity contribution in [3.05, 3.63) is 35.9 Å². The Kier molecular flexibility index (Phi) is 5.37. The molecule has 1 aromatic rings. The molecule has 0 saturated heterocycles. The number of hydrogen-bond acceptors (Lipinski definition) is 2. The molecule has 0 bridgehead atoms. The van der Waals surface area contributed by atoms with Gasteiger partial charge in [-0.25, -0.2) is 0 Å². The molecule has 0 radical (unpaired) electrons. The summed E-state index contributed by atoms with van der Waals surface area (Å²) < 4.78 is 0. The number of amides is 2. The second kappa shape index (κ2) is 7.25. The van der Waals surface area contributed by atoms with Gasteiger partial charge in [-0.15, -0.1) is 0 Å². The molecule has 0 aliphatic heterocycles. The molecule has 1 saturated carbocycles. The van der Waals surface area contributed by atoms with Crippen molar-refractivity contribution < 1.29 is 9.59 Å². The Labute approximate surface area is 126 Å². The molecule has 2 amide bonds. The Hall–Kier alpha value is -1.84. The first-order valence-corrected chi connectivity index (χ1v) is 7.74. The van der Waals surface area contributed by atoms with E-state index in [0.29, 0.717) is 5.92 Å². The topological polar surface area (TPSA) is 58.2 Å². The summed E-state index contributed by atoms with van der Waals surface area (Å²) in [6, 6.07) is 9.59. The highest BCUT2D eigenvalue weighted by Gasteiger charge is 2.26. The lowest BCUT2D eigenvalue weighted by Crippen LogP contribution is -2.48. The maximum absolute atomic E-state index is 12.0. The van der Waals surface area contributed by atoms with E-state index < -0.39 is 11.8 Å². The minimum atomic E-state index is -0.552. The second-order valence-corrected chi connectivity index (χ2v) is 5.95. The maximum Gasteiger partial charge on any atom is 0.309 e. The Morgan fingerprint density at radius 3 is 2.43 bits per heavy atom. The number of carbonyl (C=O) groups is 2. The van der Waals surface area contributed by atoms with E-state index in [0.717, 1.165) is 24.8 Å². The number of nitrogens with one attached hydrogen (secondary N) is 2. The van der Waals surface area contributed by atoms with Crippen molar-refractivity contribution in [3.8, 4) is 0 Å². The van der Waals surface area contributed by atoms with Gasteiger partial charge in [-0.1, -0.05) is 50.1 Å². The summed E-state index contributed by atoms with van der Waals surface area (Å²) in [6.45, 7) is 4.01. The molecule has 2 rings (SSSR count). The van der Waals surface area contributed by atoms with Crippen molar-refractivity contribution in [2.45, 2.75) is 51.6 Å². The molecule has 1 aromatic carbocycles. The van der Waals surface area contributed by atoms with Crippen LogP contribution in [0.4, 0.5) is 0 Å². The SMILES string of the molecule is C[C@H](NC(=O)C(=O)N[C@H]1CCCC[C@H]1C)c1ccccc1. The van der Waals surface area contributed by atoms with Gasteiger partial charge in [0.2, 0.25) is 0 Å². The number of rotatable bonds is 3. The molecular weight excluding hydrogens is 264 g/mol. The minimum absolute atomic E-state index is 0.129. The third-order valence-electron chi connectivity index (χ3n) is 4.28. The molecule has 0 heterocycles. The summed E-state index contributed by atoms with van der Waals surface area (Å²) in [5, 5.41) is 5.62. The monoisotopic (exact) mass is 288 g/mol. The number of carbonyl (C=O) groups excluding carboxylic acids is 2. The average molecular weight is 288 g/mol. The Morgan fingerprint density at radius 1 is 1.10 bits per heavy atom. The first-order chi connectivity index (χ1) is 10.1.